The molecule has 1 heterocycles. The molecule has 0 N–H and O–H groups in total. The van der Waals surface area contributed by atoms with Gasteiger partial charge in [0.05, 0.1) is 6.07 Å². The molecule has 0 bridgehead atoms. The van der Waals surface area contributed by atoms with Crippen molar-refractivity contribution in [2.24, 2.45) is 0 Å². The number of rotatable bonds is 3. The first-order chi connectivity index (χ1) is 12.5. The number of hydrogen-bond acceptors (Lipinski definition) is 3. The zero-order valence-corrected chi connectivity index (χ0v) is 14.6. The number of carbonyl (C=O) groups excluding carboxylic acids is 1. The quantitative estimate of drug-likeness (QED) is 0.822. The standard InChI is InChI=1S/C19H16ClF2N3O/c20-15-4-1-13(2-5-15)18(12-23)24-7-9-25(10-8-24)19(26)14-3-6-16(21)17(22)11-14/h1-6,11,18H,7-10H2. The molecule has 0 radical (unpaired) electrons. The topological polar surface area (TPSA) is 47.3 Å². The highest BCUT2D eigenvalue weighted by molar-refractivity contribution is 6.30. The van der Waals surface area contributed by atoms with Crippen LogP contribution in [-0.4, -0.2) is 41.9 Å². The van der Waals surface area contributed by atoms with E-state index in [-0.39, 0.29) is 11.5 Å². The summed E-state index contributed by atoms with van der Waals surface area (Å²) < 4.78 is 26.4. The average molecular weight is 376 g/mol. The summed E-state index contributed by atoms with van der Waals surface area (Å²) >= 11 is 5.89. The summed E-state index contributed by atoms with van der Waals surface area (Å²) in [4.78, 5) is 16.0. The summed E-state index contributed by atoms with van der Waals surface area (Å²) in [5.41, 5.74) is 0.962. The van der Waals surface area contributed by atoms with Gasteiger partial charge in [0.1, 0.15) is 6.04 Å². The van der Waals surface area contributed by atoms with E-state index in [2.05, 4.69) is 6.07 Å². The normalized spacial score (nSPS) is 16.2. The van der Waals surface area contributed by atoms with Gasteiger partial charge < -0.3 is 4.90 Å². The fraction of sp³-hybridized carbons (Fsp3) is 0.263. The zero-order valence-electron chi connectivity index (χ0n) is 13.8. The minimum absolute atomic E-state index is 0.117. The molecule has 2 aromatic carbocycles. The summed E-state index contributed by atoms with van der Waals surface area (Å²) in [5.74, 6) is -2.36. The van der Waals surface area contributed by atoms with Crippen LogP contribution in [0.15, 0.2) is 42.5 Å². The van der Waals surface area contributed by atoms with Crippen molar-refractivity contribution in [3.05, 3.63) is 70.2 Å². The van der Waals surface area contributed by atoms with E-state index >= 15 is 0 Å². The van der Waals surface area contributed by atoms with Crippen LogP contribution < -0.4 is 0 Å². The molecule has 1 unspecified atom stereocenters. The lowest BCUT2D eigenvalue weighted by molar-refractivity contribution is 0.0606. The van der Waals surface area contributed by atoms with Crippen LogP contribution in [0.4, 0.5) is 8.78 Å². The van der Waals surface area contributed by atoms with E-state index in [4.69, 9.17) is 11.6 Å². The van der Waals surface area contributed by atoms with Crippen LogP contribution in [0, 0.1) is 23.0 Å². The summed E-state index contributed by atoms with van der Waals surface area (Å²) in [7, 11) is 0. The third kappa shape index (κ3) is 3.85. The molecule has 0 aromatic heterocycles. The molecule has 1 fully saturated rings. The first-order valence-electron chi connectivity index (χ1n) is 8.13. The minimum atomic E-state index is -1.04. The van der Waals surface area contributed by atoms with Gasteiger partial charge in [-0.25, -0.2) is 8.78 Å². The van der Waals surface area contributed by atoms with Crippen molar-refractivity contribution < 1.29 is 13.6 Å². The largest absolute Gasteiger partial charge is 0.336 e. The smallest absolute Gasteiger partial charge is 0.254 e. The molecular formula is C19H16ClF2N3O. The highest BCUT2D eigenvalue weighted by atomic mass is 35.5. The molecular weight excluding hydrogens is 360 g/mol. The van der Waals surface area contributed by atoms with Crippen molar-refractivity contribution in [1.82, 2.24) is 9.80 Å². The summed E-state index contributed by atoms with van der Waals surface area (Å²) in [6, 6.07) is 12.1. The van der Waals surface area contributed by atoms with Gasteiger partial charge in [0.25, 0.3) is 5.91 Å². The minimum Gasteiger partial charge on any atom is -0.336 e. The van der Waals surface area contributed by atoms with Gasteiger partial charge in [0.2, 0.25) is 0 Å². The van der Waals surface area contributed by atoms with Crippen LogP contribution in [0.3, 0.4) is 0 Å². The third-order valence-corrected chi connectivity index (χ3v) is 4.69. The number of carbonyl (C=O) groups is 1. The lowest BCUT2D eigenvalue weighted by Crippen LogP contribution is -2.49. The maximum atomic E-state index is 13.3. The molecule has 2 aromatic rings. The van der Waals surface area contributed by atoms with Gasteiger partial charge in [0.15, 0.2) is 11.6 Å². The van der Waals surface area contributed by atoms with Gasteiger partial charge in [-0.05, 0) is 35.9 Å². The summed E-state index contributed by atoms with van der Waals surface area (Å²) in [6.07, 6.45) is 0. The SMILES string of the molecule is N#CC(c1ccc(Cl)cc1)N1CCN(C(=O)c2ccc(F)c(F)c2)CC1. The molecule has 1 atom stereocenters. The number of nitrogens with zero attached hydrogens (tertiary/aromatic N) is 3. The van der Waals surface area contributed by atoms with Crippen LogP contribution in [0.1, 0.15) is 22.0 Å². The number of benzene rings is 2. The third-order valence-electron chi connectivity index (χ3n) is 4.44. The summed E-state index contributed by atoms with van der Waals surface area (Å²) in [5, 5.41) is 10.1. The molecule has 7 heteroatoms. The van der Waals surface area contributed by atoms with Crippen LogP contribution >= 0.6 is 11.6 Å². The van der Waals surface area contributed by atoms with Crippen LogP contribution in [0.2, 0.25) is 5.02 Å². The van der Waals surface area contributed by atoms with E-state index in [1.54, 1.807) is 17.0 Å². The molecule has 0 spiro atoms. The Morgan fingerprint density at radius 3 is 2.27 bits per heavy atom. The molecule has 0 aliphatic carbocycles. The molecule has 4 nitrogen and oxygen atoms in total. The fourth-order valence-electron chi connectivity index (χ4n) is 3.01. The second-order valence-electron chi connectivity index (χ2n) is 6.04. The highest BCUT2D eigenvalue weighted by Gasteiger charge is 2.27. The Balaban J connectivity index is 1.66. The Kier molecular flexibility index (Phi) is 5.50. The number of amides is 1. The highest BCUT2D eigenvalue weighted by Crippen LogP contribution is 2.23. The average Bonchev–Trinajstić information content (AvgIpc) is 2.66. The van der Waals surface area contributed by atoms with E-state index in [9.17, 15) is 18.8 Å². The van der Waals surface area contributed by atoms with Gasteiger partial charge in [0, 0.05) is 36.8 Å². The molecule has 1 saturated heterocycles. The molecule has 1 amide bonds. The Bertz CT molecular complexity index is 843. The van der Waals surface area contributed by atoms with Gasteiger partial charge >= 0.3 is 0 Å². The number of halogens is 3. The molecule has 0 saturated carbocycles. The second-order valence-corrected chi connectivity index (χ2v) is 6.48. The second kappa shape index (κ2) is 7.81. The first-order valence-corrected chi connectivity index (χ1v) is 8.51. The van der Waals surface area contributed by atoms with Crippen molar-refractivity contribution in [1.29, 1.82) is 5.26 Å². The lowest BCUT2D eigenvalue weighted by atomic mass is 10.1. The predicted octanol–water partition coefficient (Wildman–Crippen LogP) is 3.64. The Morgan fingerprint density at radius 1 is 1.04 bits per heavy atom. The van der Waals surface area contributed by atoms with Gasteiger partial charge in [-0.1, -0.05) is 23.7 Å². The van der Waals surface area contributed by atoms with E-state index in [1.807, 2.05) is 17.0 Å². The fourth-order valence-corrected chi connectivity index (χ4v) is 3.13. The van der Waals surface area contributed by atoms with E-state index in [0.717, 1.165) is 17.7 Å². The van der Waals surface area contributed by atoms with Crippen molar-refractivity contribution in [3.8, 4) is 6.07 Å². The summed E-state index contributed by atoms with van der Waals surface area (Å²) in [6.45, 7) is 1.83. The maximum Gasteiger partial charge on any atom is 0.254 e. The van der Waals surface area contributed by atoms with E-state index in [1.165, 1.54) is 6.07 Å². The van der Waals surface area contributed by atoms with Gasteiger partial charge in [-0.3, -0.25) is 9.69 Å². The Hall–Kier alpha value is -2.49. The number of nitriles is 1. The van der Waals surface area contributed by atoms with Crippen molar-refractivity contribution >= 4 is 17.5 Å². The maximum absolute atomic E-state index is 13.3. The van der Waals surface area contributed by atoms with Crippen LogP contribution in [0.5, 0.6) is 0 Å². The van der Waals surface area contributed by atoms with Crippen LogP contribution in [-0.2, 0) is 0 Å². The van der Waals surface area contributed by atoms with E-state index < -0.39 is 17.7 Å². The van der Waals surface area contributed by atoms with Crippen molar-refractivity contribution in [2.45, 2.75) is 6.04 Å². The van der Waals surface area contributed by atoms with Crippen molar-refractivity contribution in [3.63, 3.8) is 0 Å². The molecule has 26 heavy (non-hydrogen) atoms. The number of hydrogen-bond donors (Lipinski definition) is 0. The van der Waals surface area contributed by atoms with Crippen LogP contribution in [0.25, 0.3) is 0 Å². The Labute approximate surface area is 155 Å². The monoisotopic (exact) mass is 375 g/mol. The lowest BCUT2D eigenvalue weighted by Gasteiger charge is -2.37. The molecule has 1 aliphatic heterocycles. The van der Waals surface area contributed by atoms with Crippen molar-refractivity contribution in [2.75, 3.05) is 26.2 Å². The number of piperazine rings is 1. The Morgan fingerprint density at radius 2 is 1.69 bits per heavy atom. The van der Waals surface area contributed by atoms with Gasteiger partial charge in [-0.2, -0.15) is 5.26 Å². The molecule has 134 valence electrons. The predicted molar refractivity (Wildman–Crippen MR) is 93.6 cm³/mol. The zero-order chi connectivity index (χ0) is 18.7. The first kappa shape index (κ1) is 18.3. The molecule has 1 aliphatic rings. The van der Waals surface area contributed by atoms with Gasteiger partial charge in [-0.15, -0.1) is 0 Å². The van der Waals surface area contributed by atoms with E-state index in [0.29, 0.717) is 31.2 Å². The molecule has 3 rings (SSSR count).